The molecule has 3 aromatic carbocycles. The summed E-state index contributed by atoms with van der Waals surface area (Å²) < 4.78 is 15.6. The van der Waals surface area contributed by atoms with Crippen molar-refractivity contribution < 1.29 is 14.3 Å². The van der Waals surface area contributed by atoms with Crippen molar-refractivity contribution in [3.63, 3.8) is 0 Å². The molecule has 5 aromatic rings. The van der Waals surface area contributed by atoms with Gasteiger partial charge in [0.15, 0.2) is 0 Å². The molecule has 2 aromatic heterocycles. The Kier molecular flexibility index (Phi) is 10.3. The standard InChI is InChI=1S/C39H48N4O3/c1-8-13-31(14-9-2)42-25-33(40-26-42)30-22-27(4)37-34(23-30)43(36(41-37)15-10-3)24-28-18-20-29(21-19-28)32-16-11-12-17-35(32)45-38(44)46-39(5,6)7/h11-12,16-23,25-26,31H,8-10,13-15,24H2,1-7H3. The lowest BCUT2D eigenvalue weighted by Gasteiger charge is -2.19. The first-order valence-electron chi connectivity index (χ1n) is 16.7. The Balaban J connectivity index is 1.44. The highest BCUT2D eigenvalue weighted by molar-refractivity contribution is 5.85. The highest BCUT2D eigenvalue weighted by atomic mass is 16.7. The van der Waals surface area contributed by atoms with Crippen LogP contribution in [0.1, 0.15) is 96.6 Å². The summed E-state index contributed by atoms with van der Waals surface area (Å²) in [6.45, 7) is 15.0. The van der Waals surface area contributed by atoms with Crippen LogP contribution in [0, 0.1) is 6.92 Å². The van der Waals surface area contributed by atoms with Crippen LogP contribution in [0.3, 0.4) is 0 Å². The van der Waals surface area contributed by atoms with Crippen molar-refractivity contribution in [3.05, 3.63) is 90.1 Å². The molecule has 2 heterocycles. The van der Waals surface area contributed by atoms with Gasteiger partial charge in [-0.1, -0.05) is 76.1 Å². The Morgan fingerprint density at radius 2 is 1.63 bits per heavy atom. The van der Waals surface area contributed by atoms with E-state index in [1.807, 2.05) is 45.3 Å². The van der Waals surface area contributed by atoms with Crippen molar-refractivity contribution in [2.24, 2.45) is 0 Å². The van der Waals surface area contributed by atoms with Crippen molar-refractivity contribution in [3.8, 4) is 28.1 Å². The minimum Gasteiger partial charge on any atom is -0.428 e. The van der Waals surface area contributed by atoms with E-state index in [0.717, 1.165) is 83.3 Å². The van der Waals surface area contributed by atoms with Crippen LogP contribution in [-0.2, 0) is 17.7 Å². The van der Waals surface area contributed by atoms with Gasteiger partial charge in [0, 0.05) is 36.3 Å². The van der Waals surface area contributed by atoms with E-state index in [1.165, 1.54) is 5.56 Å². The lowest BCUT2D eigenvalue weighted by atomic mass is 10.0. The highest BCUT2D eigenvalue weighted by Crippen LogP contribution is 2.33. The lowest BCUT2D eigenvalue weighted by Crippen LogP contribution is -2.26. The average Bonchev–Trinajstić information content (AvgIpc) is 3.63. The number of imidazole rings is 2. The molecular weight excluding hydrogens is 572 g/mol. The van der Waals surface area contributed by atoms with Crippen molar-refractivity contribution in [2.75, 3.05) is 0 Å². The quantitative estimate of drug-likeness (QED) is 0.103. The number of aromatic nitrogens is 4. The number of carbonyl (C=O) groups is 1. The topological polar surface area (TPSA) is 71.2 Å². The third-order valence-corrected chi connectivity index (χ3v) is 8.24. The largest absolute Gasteiger partial charge is 0.514 e. The summed E-state index contributed by atoms with van der Waals surface area (Å²) in [5.41, 5.74) is 7.80. The van der Waals surface area contributed by atoms with Crippen molar-refractivity contribution in [1.82, 2.24) is 19.1 Å². The van der Waals surface area contributed by atoms with Gasteiger partial charge in [-0.25, -0.2) is 14.8 Å². The number of ether oxygens (including phenoxy) is 2. The van der Waals surface area contributed by atoms with Gasteiger partial charge < -0.3 is 18.6 Å². The fraction of sp³-hybridized carbons (Fsp3) is 0.410. The number of nitrogens with zero attached hydrogens (tertiary/aromatic N) is 4. The van der Waals surface area contributed by atoms with Gasteiger partial charge in [0.25, 0.3) is 0 Å². The predicted octanol–water partition coefficient (Wildman–Crippen LogP) is 10.3. The van der Waals surface area contributed by atoms with Crippen LogP contribution in [0.2, 0.25) is 0 Å². The zero-order chi connectivity index (χ0) is 32.8. The smallest absolute Gasteiger partial charge is 0.428 e. The molecule has 0 fully saturated rings. The molecule has 46 heavy (non-hydrogen) atoms. The highest BCUT2D eigenvalue weighted by Gasteiger charge is 2.20. The Bertz CT molecular complexity index is 1770. The Hall–Kier alpha value is -4.39. The van der Waals surface area contributed by atoms with E-state index in [4.69, 9.17) is 19.4 Å². The van der Waals surface area contributed by atoms with E-state index in [2.05, 4.69) is 79.4 Å². The summed E-state index contributed by atoms with van der Waals surface area (Å²) in [5.74, 6) is 1.56. The summed E-state index contributed by atoms with van der Waals surface area (Å²) in [7, 11) is 0. The zero-order valence-corrected chi connectivity index (χ0v) is 28.5. The van der Waals surface area contributed by atoms with Gasteiger partial charge in [-0.3, -0.25) is 0 Å². The summed E-state index contributed by atoms with van der Waals surface area (Å²) in [6.07, 6.45) is 10.1. The molecule has 0 saturated carbocycles. The third-order valence-electron chi connectivity index (χ3n) is 8.24. The number of para-hydroxylation sites is 1. The van der Waals surface area contributed by atoms with Crippen LogP contribution in [0.5, 0.6) is 5.75 Å². The van der Waals surface area contributed by atoms with Gasteiger partial charge >= 0.3 is 6.16 Å². The summed E-state index contributed by atoms with van der Waals surface area (Å²) in [6, 6.07) is 21.0. The SMILES string of the molecule is CCCc1nc2c(C)cc(-c3cn(C(CCC)CCC)cn3)cc2n1Cc1ccc(-c2ccccc2OC(=O)OC(C)(C)C)cc1. The minimum absolute atomic E-state index is 0.469. The molecule has 0 aliphatic carbocycles. The fourth-order valence-corrected chi connectivity index (χ4v) is 6.10. The first-order valence-corrected chi connectivity index (χ1v) is 16.7. The molecular formula is C39H48N4O3. The fourth-order valence-electron chi connectivity index (χ4n) is 6.10. The van der Waals surface area contributed by atoms with Crippen LogP contribution in [0.4, 0.5) is 4.79 Å². The second-order valence-corrected chi connectivity index (χ2v) is 13.2. The van der Waals surface area contributed by atoms with Gasteiger partial charge in [-0.2, -0.15) is 0 Å². The first kappa shape index (κ1) is 33.0. The third kappa shape index (κ3) is 7.69. The molecule has 0 unspecified atom stereocenters. The van der Waals surface area contributed by atoms with E-state index in [9.17, 15) is 4.79 Å². The average molecular weight is 621 g/mol. The molecule has 0 spiro atoms. The maximum Gasteiger partial charge on any atom is 0.514 e. The number of hydrogen-bond donors (Lipinski definition) is 0. The molecule has 0 bridgehead atoms. The lowest BCUT2D eigenvalue weighted by molar-refractivity contribution is 0.0207. The van der Waals surface area contributed by atoms with Crippen LogP contribution >= 0.6 is 0 Å². The normalized spacial score (nSPS) is 11.8. The predicted molar refractivity (Wildman–Crippen MR) is 186 cm³/mol. The maximum absolute atomic E-state index is 12.4. The summed E-state index contributed by atoms with van der Waals surface area (Å²) >= 11 is 0. The van der Waals surface area contributed by atoms with Crippen molar-refractivity contribution >= 4 is 17.2 Å². The molecule has 242 valence electrons. The van der Waals surface area contributed by atoms with Gasteiger partial charge in [-0.05, 0) is 81.8 Å². The van der Waals surface area contributed by atoms with Gasteiger partial charge in [0.05, 0.1) is 23.1 Å². The van der Waals surface area contributed by atoms with E-state index in [1.54, 1.807) is 6.07 Å². The van der Waals surface area contributed by atoms with Gasteiger partial charge in [0.2, 0.25) is 0 Å². The van der Waals surface area contributed by atoms with Crippen molar-refractivity contribution in [2.45, 2.75) is 105 Å². The Labute approximate surface area is 273 Å². The van der Waals surface area contributed by atoms with E-state index >= 15 is 0 Å². The number of fused-ring (bicyclic) bond motifs is 1. The monoisotopic (exact) mass is 620 g/mol. The molecule has 0 aliphatic rings. The molecule has 7 heteroatoms. The number of carbonyl (C=O) groups excluding carboxylic acids is 1. The second-order valence-electron chi connectivity index (χ2n) is 13.2. The first-order chi connectivity index (χ1) is 22.1. The molecule has 0 aliphatic heterocycles. The van der Waals surface area contributed by atoms with E-state index < -0.39 is 11.8 Å². The van der Waals surface area contributed by atoms with Crippen LogP contribution in [-0.4, -0.2) is 30.9 Å². The Morgan fingerprint density at radius 1 is 0.913 bits per heavy atom. The molecule has 0 N–H and O–H groups in total. The van der Waals surface area contributed by atoms with Crippen LogP contribution in [0.15, 0.2) is 73.2 Å². The molecule has 0 radical (unpaired) electrons. The Morgan fingerprint density at radius 3 is 2.30 bits per heavy atom. The number of aryl methyl sites for hydroxylation is 2. The number of hydrogen-bond acceptors (Lipinski definition) is 5. The molecule has 5 rings (SSSR count). The number of benzene rings is 3. The molecule has 7 nitrogen and oxygen atoms in total. The zero-order valence-electron chi connectivity index (χ0n) is 28.5. The van der Waals surface area contributed by atoms with Gasteiger partial charge in [-0.15, -0.1) is 0 Å². The summed E-state index contributed by atoms with van der Waals surface area (Å²) in [4.78, 5) is 22.4. The van der Waals surface area contributed by atoms with Crippen LogP contribution < -0.4 is 4.74 Å². The van der Waals surface area contributed by atoms with E-state index in [0.29, 0.717) is 18.3 Å². The van der Waals surface area contributed by atoms with E-state index in [-0.39, 0.29) is 0 Å². The van der Waals surface area contributed by atoms with Crippen LogP contribution in [0.25, 0.3) is 33.4 Å². The second kappa shape index (κ2) is 14.4. The molecule has 0 amide bonds. The maximum atomic E-state index is 12.4. The molecule has 0 atom stereocenters. The van der Waals surface area contributed by atoms with Gasteiger partial charge in [0.1, 0.15) is 17.2 Å². The molecule has 0 saturated heterocycles. The van der Waals surface area contributed by atoms with Crippen molar-refractivity contribution in [1.29, 1.82) is 0 Å². The number of rotatable bonds is 12. The summed E-state index contributed by atoms with van der Waals surface area (Å²) in [5, 5.41) is 0. The minimum atomic E-state index is -0.713.